The van der Waals surface area contributed by atoms with Gasteiger partial charge in [0.2, 0.25) is 10.0 Å². The minimum Gasteiger partial charge on any atom is -0.369 e. The first-order valence-electron chi connectivity index (χ1n) is 10.1. The van der Waals surface area contributed by atoms with Crippen molar-refractivity contribution in [3.05, 3.63) is 53.6 Å². The molecule has 1 heterocycles. The number of hydrogen-bond donors (Lipinski definition) is 0. The summed E-state index contributed by atoms with van der Waals surface area (Å²) < 4.78 is 53.1. The quantitative estimate of drug-likeness (QED) is 0.601. The van der Waals surface area contributed by atoms with Crippen LogP contribution < -0.4 is 9.21 Å². The molecule has 0 bridgehead atoms. The lowest BCUT2D eigenvalue weighted by Crippen LogP contribution is -2.48. The van der Waals surface area contributed by atoms with Crippen LogP contribution in [0.3, 0.4) is 0 Å². The number of anilines is 2. The maximum Gasteiger partial charge on any atom is 0.264 e. The van der Waals surface area contributed by atoms with Crippen LogP contribution >= 0.6 is 11.6 Å². The van der Waals surface area contributed by atoms with Gasteiger partial charge in [0, 0.05) is 38.4 Å². The molecule has 1 aliphatic heterocycles. The van der Waals surface area contributed by atoms with Gasteiger partial charge in [-0.25, -0.2) is 16.8 Å². The van der Waals surface area contributed by atoms with Crippen molar-refractivity contribution < 1.29 is 16.8 Å². The van der Waals surface area contributed by atoms with Crippen molar-refractivity contribution in [2.24, 2.45) is 5.92 Å². The molecular weight excluding hydrogens is 458 g/mol. The van der Waals surface area contributed by atoms with E-state index < -0.39 is 20.0 Å². The first-order valence-corrected chi connectivity index (χ1v) is 13.7. The highest BCUT2D eigenvalue weighted by Crippen LogP contribution is 2.32. The van der Waals surface area contributed by atoms with E-state index in [1.165, 1.54) is 14.9 Å². The van der Waals surface area contributed by atoms with Crippen LogP contribution in [0.5, 0.6) is 0 Å². The van der Waals surface area contributed by atoms with Crippen LogP contribution in [0, 0.1) is 5.92 Å². The standard InChI is InChI=1S/C21H28ClN3O4S2/c1-17(2)16-25(21-7-5-4-6-20(21)22)31(28,29)19-10-8-18(9-11-19)23-12-14-24(15-13-23)30(3,26)27/h4-11,17H,12-16H2,1-3H3. The molecule has 170 valence electrons. The first kappa shape index (κ1) is 23.8. The SMILES string of the molecule is CC(C)CN(c1ccccc1Cl)S(=O)(=O)c1ccc(N2CCN(S(C)(=O)=O)CC2)cc1. The van der Waals surface area contributed by atoms with Crippen LogP contribution in [0.2, 0.25) is 5.02 Å². The number of benzene rings is 2. The Morgan fingerprint density at radius 2 is 1.52 bits per heavy atom. The van der Waals surface area contributed by atoms with Gasteiger partial charge in [-0.3, -0.25) is 4.31 Å². The summed E-state index contributed by atoms with van der Waals surface area (Å²) in [6.45, 7) is 6.15. The summed E-state index contributed by atoms with van der Waals surface area (Å²) in [5.41, 5.74) is 1.32. The summed E-state index contributed by atoms with van der Waals surface area (Å²) >= 11 is 6.31. The highest BCUT2D eigenvalue weighted by molar-refractivity contribution is 7.92. The van der Waals surface area contributed by atoms with E-state index in [4.69, 9.17) is 11.6 Å². The van der Waals surface area contributed by atoms with Crippen LogP contribution in [-0.2, 0) is 20.0 Å². The van der Waals surface area contributed by atoms with Gasteiger partial charge in [-0.05, 0) is 42.3 Å². The minimum atomic E-state index is -3.80. The summed E-state index contributed by atoms with van der Waals surface area (Å²) in [4.78, 5) is 2.24. The van der Waals surface area contributed by atoms with Gasteiger partial charge in [-0.15, -0.1) is 0 Å². The van der Waals surface area contributed by atoms with Crippen molar-refractivity contribution in [3.63, 3.8) is 0 Å². The Labute approximate surface area is 190 Å². The predicted octanol–water partition coefficient (Wildman–Crippen LogP) is 3.27. The minimum absolute atomic E-state index is 0.108. The third-order valence-corrected chi connectivity index (χ3v) is 8.57. The van der Waals surface area contributed by atoms with Crippen molar-refractivity contribution in [3.8, 4) is 0 Å². The molecule has 0 spiro atoms. The fourth-order valence-electron chi connectivity index (χ4n) is 3.55. The number of nitrogens with zero attached hydrogens (tertiary/aromatic N) is 3. The van der Waals surface area contributed by atoms with Gasteiger partial charge in [0.25, 0.3) is 10.0 Å². The zero-order chi connectivity index (χ0) is 22.8. The maximum absolute atomic E-state index is 13.4. The molecule has 3 rings (SSSR count). The van der Waals surface area contributed by atoms with Crippen LogP contribution in [0.15, 0.2) is 53.4 Å². The third kappa shape index (κ3) is 5.52. The van der Waals surface area contributed by atoms with Gasteiger partial charge < -0.3 is 4.90 Å². The molecule has 0 N–H and O–H groups in total. The van der Waals surface area contributed by atoms with Gasteiger partial charge >= 0.3 is 0 Å². The largest absolute Gasteiger partial charge is 0.369 e. The van der Waals surface area contributed by atoms with E-state index >= 15 is 0 Å². The Morgan fingerprint density at radius 1 is 0.935 bits per heavy atom. The molecule has 0 radical (unpaired) electrons. The Kier molecular flexibility index (Phi) is 7.20. The molecule has 0 atom stereocenters. The van der Waals surface area contributed by atoms with Crippen molar-refractivity contribution in [2.45, 2.75) is 18.7 Å². The molecule has 31 heavy (non-hydrogen) atoms. The van der Waals surface area contributed by atoms with Gasteiger partial charge in [-0.1, -0.05) is 37.6 Å². The smallest absolute Gasteiger partial charge is 0.264 e. The molecule has 0 aliphatic carbocycles. The van der Waals surface area contributed by atoms with Crippen LogP contribution in [0.4, 0.5) is 11.4 Å². The Balaban J connectivity index is 1.84. The van der Waals surface area contributed by atoms with Crippen molar-refractivity contribution in [1.29, 1.82) is 0 Å². The summed E-state index contributed by atoms with van der Waals surface area (Å²) in [7, 11) is -7.00. The molecule has 7 nitrogen and oxygen atoms in total. The molecular formula is C21H28ClN3O4S2. The zero-order valence-corrected chi connectivity index (χ0v) is 20.3. The maximum atomic E-state index is 13.4. The zero-order valence-electron chi connectivity index (χ0n) is 17.9. The molecule has 1 saturated heterocycles. The summed E-state index contributed by atoms with van der Waals surface area (Å²) in [5.74, 6) is 0.108. The monoisotopic (exact) mass is 485 g/mol. The van der Waals surface area contributed by atoms with E-state index in [1.807, 2.05) is 13.8 Å². The topological polar surface area (TPSA) is 78.0 Å². The molecule has 2 aromatic carbocycles. The lowest BCUT2D eigenvalue weighted by molar-refractivity contribution is 0.388. The van der Waals surface area contributed by atoms with Gasteiger partial charge in [0.05, 0.1) is 21.9 Å². The second-order valence-corrected chi connectivity index (χ2v) is 12.3. The van der Waals surface area contributed by atoms with Gasteiger partial charge in [0.15, 0.2) is 0 Å². The van der Waals surface area contributed by atoms with E-state index in [0.717, 1.165) is 5.69 Å². The van der Waals surface area contributed by atoms with E-state index in [-0.39, 0.29) is 10.8 Å². The number of rotatable bonds is 7. The molecule has 0 unspecified atom stereocenters. The molecule has 0 amide bonds. The van der Waals surface area contributed by atoms with E-state index in [1.54, 1.807) is 48.5 Å². The number of sulfonamides is 2. The van der Waals surface area contributed by atoms with E-state index in [0.29, 0.717) is 43.4 Å². The molecule has 0 aromatic heterocycles. The number of piperazine rings is 1. The predicted molar refractivity (Wildman–Crippen MR) is 126 cm³/mol. The van der Waals surface area contributed by atoms with E-state index in [2.05, 4.69) is 4.90 Å². The second-order valence-electron chi connectivity index (χ2n) is 8.02. The average molecular weight is 486 g/mol. The summed E-state index contributed by atoms with van der Waals surface area (Å²) in [6.07, 6.45) is 1.21. The number of halogens is 1. The number of para-hydroxylation sites is 1. The number of hydrogen-bond acceptors (Lipinski definition) is 5. The molecule has 1 fully saturated rings. The highest BCUT2D eigenvalue weighted by Gasteiger charge is 2.28. The molecule has 10 heteroatoms. The highest BCUT2D eigenvalue weighted by atomic mass is 35.5. The fourth-order valence-corrected chi connectivity index (χ4v) is 6.31. The van der Waals surface area contributed by atoms with Crippen molar-refractivity contribution in [1.82, 2.24) is 4.31 Å². The molecule has 0 saturated carbocycles. The first-order chi connectivity index (χ1) is 14.5. The van der Waals surface area contributed by atoms with Crippen LogP contribution in [0.25, 0.3) is 0 Å². The van der Waals surface area contributed by atoms with Crippen LogP contribution in [-0.4, -0.2) is 60.1 Å². The normalized spacial score (nSPS) is 16.0. The fraction of sp³-hybridized carbons (Fsp3) is 0.429. The van der Waals surface area contributed by atoms with E-state index in [9.17, 15) is 16.8 Å². The Morgan fingerprint density at radius 3 is 2.03 bits per heavy atom. The van der Waals surface area contributed by atoms with Crippen molar-refractivity contribution in [2.75, 3.05) is 48.2 Å². The third-order valence-electron chi connectivity index (χ3n) is 5.15. The lowest BCUT2D eigenvalue weighted by atomic mass is 10.2. The molecule has 1 aliphatic rings. The molecule has 2 aromatic rings. The Hall–Kier alpha value is -1.81. The van der Waals surface area contributed by atoms with Gasteiger partial charge in [-0.2, -0.15) is 4.31 Å². The van der Waals surface area contributed by atoms with Crippen LogP contribution in [0.1, 0.15) is 13.8 Å². The lowest BCUT2D eigenvalue weighted by Gasteiger charge is -2.34. The van der Waals surface area contributed by atoms with Crippen molar-refractivity contribution >= 4 is 43.0 Å². The summed E-state index contributed by atoms with van der Waals surface area (Å²) in [5, 5.41) is 0.382. The summed E-state index contributed by atoms with van der Waals surface area (Å²) in [6, 6.07) is 13.6. The second kappa shape index (κ2) is 9.36. The Bertz CT molecular complexity index is 1110. The average Bonchev–Trinajstić information content (AvgIpc) is 2.72. The van der Waals surface area contributed by atoms with Gasteiger partial charge in [0.1, 0.15) is 0 Å².